The van der Waals surface area contributed by atoms with Gasteiger partial charge in [0, 0.05) is 29.1 Å². The van der Waals surface area contributed by atoms with Gasteiger partial charge in [-0.15, -0.1) is 0 Å². The number of benzene rings is 3. The van der Waals surface area contributed by atoms with Crippen LogP contribution in [-0.4, -0.2) is 71.7 Å². The van der Waals surface area contributed by atoms with Gasteiger partial charge in [-0.1, -0.05) is 136 Å². The zero-order chi connectivity index (χ0) is 44.3. The summed E-state index contributed by atoms with van der Waals surface area (Å²) in [6.45, 7) is 22.6. The zero-order valence-electron chi connectivity index (χ0n) is 37.2. The van der Waals surface area contributed by atoms with E-state index in [1.165, 1.54) is 0 Å². The molecular weight excluding hydrogens is 793 g/mol. The highest BCUT2D eigenvalue weighted by atomic mass is 32.2. The first-order valence-corrected chi connectivity index (χ1v) is 24.3. The number of phenolic OH excluding ortho intramolecular Hbond substituents is 1. The van der Waals surface area contributed by atoms with Crippen molar-refractivity contribution in [3.05, 3.63) is 84.1 Å². The number of aromatic amines is 1. The van der Waals surface area contributed by atoms with E-state index in [1.807, 2.05) is 95.4 Å². The van der Waals surface area contributed by atoms with Gasteiger partial charge in [0.2, 0.25) is 31.2 Å². The van der Waals surface area contributed by atoms with Crippen molar-refractivity contribution in [2.75, 3.05) is 12.3 Å². The summed E-state index contributed by atoms with van der Waals surface area (Å²) in [5, 5.41) is 20.5. The van der Waals surface area contributed by atoms with E-state index in [2.05, 4.69) is 62.5 Å². The summed E-state index contributed by atoms with van der Waals surface area (Å²) in [7, 11) is -2.53. The minimum absolute atomic E-state index is 0.0400. The largest absolute Gasteiger partial charge is 0.507 e. The van der Waals surface area contributed by atoms with Crippen molar-refractivity contribution in [1.29, 1.82) is 0 Å². The van der Waals surface area contributed by atoms with Crippen LogP contribution in [0.25, 0.3) is 22.0 Å². The summed E-state index contributed by atoms with van der Waals surface area (Å²) in [4.78, 5) is 57.9. The van der Waals surface area contributed by atoms with Gasteiger partial charge in [-0.2, -0.15) is 0 Å². The highest BCUT2D eigenvalue weighted by Gasteiger charge is 2.48. The van der Waals surface area contributed by atoms with Crippen molar-refractivity contribution < 1.29 is 33.4 Å². The van der Waals surface area contributed by atoms with Crippen LogP contribution in [-0.2, 0) is 36.6 Å². The number of fused-ring (bicyclic) bond motifs is 1. The Labute approximate surface area is 361 Å². The molecule has 3 amide bonds. The van der Waals surface area contributed by atoms with E-state index in [1.54, 1.807) is 12.1 Å². The lowest BCUT2D eigenvalue weighted by molar-refractivity contribution is -0.136. The van der Waals surface area contributed by atoms with Gasteiger partial charge in [-0.05, 0) is 63.5 Å². The first kappa shape index (κ1) is 48.1. The number of hydrogen-bond acceptors (Lipinski definition) is 8. The van der Waals surface area contributed by atoms with Gasteiger partial charge in [0.05, 0.1) is 12.1 Å². The monoisotopic (exact) mass is 858 g/mol. The molecule has 0 saturated carbocycles. The summed E-state index contributed by atoms with van der Waals surface area (Å²) in [6, 6.07) is 18.7. The Morgan fingerprint density at radius 3 is 2.02 bits per heavy atom. The predicted molar refractivity (Wildman–Crippen MR) is 245 cm³/mol. The van der Waals surface area contributed by atoms with Crippen LogP contribution in [0.15, 0.2) is 72.9 Å². The van der Waals surface area contributed by atoms with Gasteiger partial charge >= 0.3 is 0 Å². The van der Waals surface area contributed by atoms with Gasteiger partial charge in [0.25, 0.3) is 0 Å². The molecule has 0 unspecified atom stereocenters. The molecule has 3 aromatic carbocycles. The van der Waals surface area contributed by atoms with Crippen LogP contribution in [0, 0.1) is 11.8 Å². The Hall–Kier alpha value is -4.59. The molecular formula is C47H66N4O7SSi. The van der Waals surface area contributed by atoms with Gasteiger partial charge in [-0.3, -0.25) is 19.2 Å². The number of carbonyl (C=O) groups excluding carboxylic acids is 4. The Balaban J connectivity index is 1.70. The number of rotatable bonds is 21. The third-order valence-corrected chi connectivity index (χ3v) is 18.0. The van der Waals surface area contributed by atoms with Crippen LogP contribution >= 0.6 is 11.8 Å². The van der Waals surface area contributed by atoms with Crippen LogP contribution in [0.2, 0.25) is 16.6 Å². The number of nitrogens with one attached hydrogen (secondary N) is 4. The van der Waals surface area contributed by atoms with Gasteiger partial charge in [0.1, 0.15) is 36.3 Å². The lowest BCUT2D eigenvalue weighted by atomic mass is 9.96. The number of aromatic hydroxyl groups is 1. The van der Waals surface area contributed by atoms with Crippen molar-refractivity contribution >= 4 is 53.8 Å². The highest BCUT2D eigenvalue weighted by Crippen LogP contribution is 2.44. The molecule has 60 heavy (non-hydrogen) atoms. The van der Waals surface area contributed by atoms with Crippen molar-refractivity contribution in [1.82, 2.24) is 20.9 Å². The van der Waals surface area contributed by atoms with Gasteiger partial charge in [0.15, 0.2) is 0 Å². The standard InChI is InChI=1S/C47H66N4O7SSi/c1-12-59-41(53)26-49-46(55)42(28(2)3)51-45(54)38(50-47(56)44(29(4)5)58-60(30(6)7,31(8)9)32(10)11)24-34-21-22-39(52)36(23-34)37-25-48-43-35(37)19-16-20-40(43)57-27-33-17-14-13-15-18-33/h13-23,25,28-32,38,42,44,48,52H,12,24,26-27H2,1-11H3,(H,49,55)(H,50,56)(H,51,54)/t38-,42-,44-/m0/s1. The molecule has 0 aliphatic rings. The summed E-state index contributed by atoms with van der Waals surface area (Å²) in [5.74, 6) is -0.699. The van der Waals surface area contributed by atoms with Crippen LogP contribution in [0.5, 0.6) is 11.5 Å². The number of amides is 3. The number of para-hydroxylation sites is 1. The van der Waals surface area contributed by atoms with E-state index in [4.69, 9.17) is 9.16 Å². The Kier molecular flexibility index (Phi) is 17.5. The number of phenols is 1. The average molecular weight is 859 g/mol. The van der Waals surface area contributed by atoms with Gasteiger partial charge in [-0.25, -0.2) is 0 Å². The van der Waals surface area contributed by atoms with Crippen LogP contribution in [0.3, 0.4) is 0 Å². The average Bonchev–Trinajstić information content (AvgIpc) is 3.63. The molecule has 13 heteroatoms. The third-order valence-electron chi connectivity index (χ3n) is 11.2. The molecule has 0 saturated heterocycles. The first-order chi connectivity index (χ1) is 28.4. The molecule has 0 bridgehead atoms. The fraction of sp³-hybridized carbons (Fsp3) is 0.489. The van der Waals surface area contributed by atoms with Crippen molar-refractivity contribution in [3.63, 3.8) is 0 Å². The molecule has 11 nitrogen and oxygen atoms in total. The second kappa shape index (κ2) is 21.8. The van der Waals surface area contributed by atoms with Crippen LogP contribution in [0.1, 0.15) is 87.3 Å². The quantitative estimate of drug-likeness (QED) is 0.0520. The third kappa shape index (κ3) is 11.8. The molecule has 0 aliphatic heterocycles. The van der Waals surface area contributed by atoms with E-state index in [0.29, 0.717) is 29.2 Å². The fourth-order valence-electron chi connectivity index (χ4n) is 8.22. The smallest absolute Gasteiger partial charge is 0.248 e. The Morgan fingerprint density at radius 2 is 1.42 bits per heavy atom. The maximum atomic E-state index is 14.5. The lowest BCUT2D eigenvalue weighted by Gasteiger charge is -2.45. The molecule has 0 aliphatic carbocycles. The number of ether oxygens (including phenoxy) is 1. The van der Waals surface area contributed by atoms with Crippen molar-refractivity contribution in [2.24, 2.45) is 11.8 Å². The molecule has 4 rings (SSSR count). The fourth-order valence-corrected chi connectivity index (χ4v) is 14.4. The summed E-state index contributed by atoms with van der Waals surface area (Å²) in [5.41, 5.74) is 4.42. The zero-order valence-corrected chi connectivity index (χ0v) is 39.0. The second-order valence-corrected chi connectivity index (χ2v) is 23.9. The van der Waals surface area contributed by atoms with Crippen molar-refractivity contribution in [3.8, 4) is 22.6 Å². The molecule has 1 heterocycles. The SMILES string of the molecule is CCSC(=O)CNC(=O)[C@@H](NC(=O)[C@H](Cc1ccc(O)c(-c2c[nH]c3c(OCc4ccccc4)cccc23)c1)NC(=O)[C@@H](O[Si](C(C)C)(C(C)C)C(C)C)C(C)C)C(C)C. The molecule has 5 N–H and O–H groups in total. The maximum Gasteiger partial charge on any atom is 0.248 e. The molecule has 0 radical (unpaired) electrons. The second-order valence-electron chi connectivity index (χ2n) is 17.1. The van der Waals surface area contributed by atoms with E-state index in [-0.39, 0.29) is 52.3 Å². The summed E-state index contributed by atoms with van der Waals surface area (Å²) < 4.78 is 13.2. The van der Waals surface area contributed by atoms with E-state index >= 15 is 0 Å². The normalized spacial score (nSPS) is 13.5. The Morgan fingerprint density at radius 1 is 0.750 bits per heavy atom. The molecule has 4 aromatic rings. The minimum Gasteiger partial charge on any atom is -0.507 e. The lowest BCUT2D eigenvalue weighted by Crippen LogP contribution is -2.59. The van der Waals surface area contributed by atoms with Crippen LogP contribution in [0.4, 0.5) is 0 Å². The number of H-pyrrole nitrogens is 1. The van der Waals surface area contributed by atoms with E-state index in [9.17, 15) is 24.3 Å². The topological polar surface area (TPSA) is 159 Å². The van der Waals surface area contributed by atoms with Crippen molar-refractivity contribution in [2.45, 2.75) is 124 Å². The summed E-state index contributed by atoms with van der Waals surface area (Å²) >= 11 is 1.11. The Bertz CT molecular complexity index is 2050. The maximum absolute atomic E-state index is 14.5. The molecule has 0 spiro atoms. The van der Waals surface area contributed by atoms with Crippen LogP contribution < -0.4 is 20.7 Å². The molecule has 326 valence electrons. The minimum atomic E-state index is -2.53. The summed E-state index contributed by atoms with van der Waals surface area (Å²) in [6.07, 6.45) is 1.03. The number of carbonyl (C=O) groups is 4. The number of hydrogen-bond donors (Lipinski definition) is 5. The highest BCUT2D eigenvalue weighted by molar-refractivity contribution is 8.13. The molecule has 3 atom stereocenters. The number of thioether (sulfide) groups is 1. The molecule has 1 aromatic heterocycles. The number of aromatic nitrogens is 1. The molecule has 0 fully saturated rings. The predicted octanol–water partition coefficient (Wildman–Crippen LogP) is 8.90. The first-order valence-electron chi connectivity index (χ1n) is 21.2. The van der Waals surface area contributed by atoms with E-state index in [0.717, 1.165) is 33.8 Å². The van der Waals surface area contributed by atoms with Gasteiger partial charge < -0.3 is 35.2 Å². The van der Waals surface area contributed by atoms with E-state index < -0.39 is 44.2 Å².